The van der Waals surface area contributed by atoms with Gasteiger partial charge in [-0.15, -0.1) is 0 Å². The first-order valence-electron chi connectivity index (χ1n) is 12.0. The van der Waals surface area contributed by atoms with Gasteiger partial charge in [-0.05, 0) is 62.1 Å². The maximum Gasteiger partial charge on any atom is 0.320 e. The summed E-state index contributed by atoms with van der Waals surface area (Å²) in [4.78, 5) is 21.0. The molecule has 0 bridgehead atoms. The summed E-state index contributed by atoms with van der Waals surface area (Å²) in [5.74, 6) is 2.13. The highest BCUT2D eigenvalue weighted by atomic mass is 19.1. The third-order valence-electron chi connectivity index (χ3n) is 7.92. The number of carbonyl (C=O) groups is 1. The first-order chi connectivity index (χ1) is 15.6. The van der Waals surface area contributed by atoms with Gasteiger partial charge in [-0.1, -0.05) is 6.07 Å². The van der Waals surface area contributed by atoms with Crippen molar-refractivity contribution in [1.82, 2.24) is 24.6 Å². The van der Waals surface area contributed by atoms with Gasteiger partial charge < -0.3 is 14.5 Å². The molecule has 0 unspecified atom stereocenters. The van der Waals surface area contributed by atoms with E-state index in [4.69, 9.17) is 4.74 Å². The molecule has 2 amide bonds. The average molecular weight is 438 g/mol. The van der Waals surface area contributed by atoms with Crippen LogP contribution in [0, 0.1) is 11.2 Å². The van der Waals surface area contributed by atoms with Gasteiger partial charge in [-0.2, -0.15) is 5.10 Å². The summed E-state index contributed by atoms with van der Waals surface area (Å²) in [5, 5.41) is 4.66. The zero-order chi connectivity index (χ0) is 21.4. The van der Waals surface area contributed by atoms with Crippen LogP contribution in [0.25, 0.3) is 0 Å². The molecule has 0 N–H and O–H groups in total. The van der Waals surface area contributed by atoms with E-state index >= 15 is 0 Å². The molecule has 1 aromatic heterocycles. The molecule has 32 heavy (non-hydrogen) atoms. The summed E-state index contributed by atoms with van der Waals surface area (Å²) in [6, 6.07) is 5.82. The van der Waals surface area contributed by atoms with E-state index in [0.717, 1.165) is 50.2 Å². The second kappa shape index (κ2) is 6.68. The lowest BCUT2D eigenvalue weighted by molar-refractivity contribution is -0.0818. The highest BCUT2D eigenvalue weighted by Crippen LogP contribution is 2.54. The lowest BCUT2D eigenvalue weighted by atomic mass is 9.61. The monoisotopic (exact) mass is 437 g/mol. The van der Waals surface area contributed by atoms with Crippen LogP contribution in [-0.2, 0) is 0 Å². The maximum atomic E-state index is 14.3. The van der Waals surface area contributed by atoms with Crippen molar-refractivity contribution in [2.75, 3.05) is 26.2 Å². The van der Waals surface area contributed by atoms with E-state index in [2.05, 4.69) is 10.1 Å². The number of benzene rings is 1. The van der Waals surface area contributed by atoms with Crippen molar-refractivity contribution in [3.05, 3.63) is 41.7 Å². The van der Waals surface area contributed by atoms with Crippen molar-refractivity contribution in [2.45, 2.75) is 62.5 Å². The fourth-order valence-electron chi connectivity index (χ4n) is 5.61. The summed E-state index contributed by atoms with van der Waals surface area (Å²) in [6.07, 6.45) is 8.66. The Labute approximate surface area is 186 Å². The molecule has 3 aliphatic carbocycles. The summed E-state index contributed by atoms with van der Waals surface area (Å²) < 4.78 is 22.2. The molecular formula is C24H28FN5O2. The van der Waals surface area contributed by atoms with Crippen LogP contribution in [0.4, 0.5) is 9.18 Å². The summed E-state index contributed by atoms with van der Waals surface area (Å²) in [7, 11) is 0. The lowest BCUT2D eigenvalue weighted by Gasteiger charge is -2.59. The van der Waals surface area contributed by atoms with E-state index < -0.39 is 0 Å². The molecule has 168 valence electrons. The SMILES string of the molecule is O=C(N1CC(Oc2ccc(C3CC3)cc2F)C1)N1CC2(CC(n3cnc(C4CC4)n3)C2)C1. The second-order valence-corrected chi connectivity index (χ2v) is 10.7. The Bertz CT molecular complexity index is 1060. The molecule has 3 heterocycles. The Kier molecular flexibility index (Phi) is 3.94. The van der Waals surface area contributed by atoms with Crippen molar-refractivity contribution in [3.8, 4) is 5.75 Å². The molecular weight excluding hydrogens is 409 g/mol. The van der Waals surface area contributed by atoms with Crippen LogP contribution in [0.15, 0.2) is 24.5 Å². The molecule has 1 spiro atoms. The molecule has 8 heteroatoms. The minimum absolute atomic E-state index is 0.0836. The van der Waals surface area contributed by atoms with E-state index in [9.17, 15) is 9.18 Å². The highest BCUT2D eigenvalue weighted by Gasteiger charge is 2.55. The van der Waals surface area contributed by atoms with Crippen molar-refractivity contribution >= 4 is 6.03 Å². The first-order valence-corrected chi connectivity index (χ1v) is 12.0. The van der Waals surface area contributed by atoms with Gasteiger partial charge in [0, 0.05) is 24.4 Å². The van der Waals surface area contributed by atoms with Gasteiger partial charge in [-0.25, -0.2) is 18.9 Å². The predicted molar refractivity (Wildman–Crippen MR) is 114 cm³/mol. The van der Waals surface area contributed by atoms with Gasteiger partial charge in [-0.3, -0.25) is 0 Å². The zero-order valence-electron chi connectivity index (χ0n) is 18.1. The number of amides is 2. The summed E-state index contributed by atoms with van der Waals surface area (Å²) in [6.45, 7) is 2.70. The number of rotatable bonds is 5. The first kappa shape index (κ1) is 18.9. The Morgan fingerprint density at radius 2 is 1.81 bits per heavy atom. The van der Waals surface area contributed by atoms with Crippen molar-refractivity contribution in [3.63, 3.8) is 0 Å². The van der Waals surface area contributed by atoms with Crippen LogP contribution < -0.4 is 4.74 Å². The Hall–Kier alpha value is -2.64. The van der Waals surface area contributed by atoms with Crippen molar-refractivity contribution < 1.29 is 13.9 Å². The molecule has 7 rings (SSSR count). The molecule has 2 aromatic rings. The fraction of sp³-hybridized carbons (Fsp3) is 0.625. The largest absolute Gasteiger partial charge is 0.484 e. The van der Waals surface area contributed by atoms with Crippen molar-refractivity contribution in [1.29, 1.82) is 0 Å². The molecule has 2 saturated heterocycles. The van der Waals surface area contributed by atoms with E-state index in [0.29, 0.717) is 36.7 Å². The highest BCUT2D eigenvalue weighted by molar-refractivity contribution is 5.76. The fourth-order valence-corrected chi connectivity index (χ4v) is 5.61. The minimum atomic E-state index is -0.292. The number of ether oxygens (including phenoxy) is 1. The van der Waals surface area contributed by atoms with Crippen LogP contribution in [0.5, 0.6) is 5.75 Å². The van der Waals surface area contributed by atoms with Gasteiger partial charge in [0.15, 0.2) is 17.4 Å². The number of hydrogen-bond donors (Lipinski definition) is 0. The Morgan fingerprint density at radius 1 is 1.06 bits per heavy atom. The number of likely N-dealkylation sites (tertiary alicyclic amines) is 2. The standard InChI is InChI=1S/C24H28FN5O2/c25-20-7-17(15-1-2-15)5-6-21(20)32-19-10-28(11-19)23(31)29-12-24(13-29)8-18(9-24)30-14-26-22(27-30)16-3-4-16/h5-7,14-16,18-19H,1-4,8-13H2. The quantitative estimate of drug-likeness (QED) is 0.716. The van der Waals surface area contributed by atoms with Crippen LogP contribution in [0.3, 0.4) is 0 Å². The molecule has 3 saturated carbocycles. The van der Waals surface area contributed by atoms with Crippen LogP contribution in [0.2, 0.25) is 0 Å². The Morgan fingerprint density at radius 3 is 2.50 bits per heavy atom. The van der Waals surface area contributed by atoms with Gasteiger partial charge in [0.25, 0.3) is 0 Å². The number of carbonyl (C=O) groups excluding carboxylic acids is 1. The lowest BCUT2D eigenvalue weighted by Crippen LogP contribution is -2.69. The third kappa shape index (κ3) is 3.18. The zero-order valence-corrected chi connectivity index (χ0v) is 18.1. The maximum absolute atomic E-state index is 14.3. The number of halogens is 1. The van der Waals surface area contributed by atoms with Crippen LogP contribution >= 0.6 is 0 Å². The van der Waals surface area contributed by atoms with E-state index in [1.165, 1.54) is 12.8 Å². The minimum Gasteiger partial charge on any atom is -0.484 e. The number of urea groups is 1. The summed E-state index contributed by atoms with van der Waals surface area (Å²) >= 11 is 0. The van der Waals surface area contributed by atoms with E-state index in [1.54, 1.807) is 12.1 Å². The molecule has 1 aromatic carbocycles. The van der Waals surface area contributed by atoms with E-state index in [-0.39, 0.29) is 23.4 Å². The molecule has 2 aliphatic heterocycles. The van der Waals surface area contributed by atoms with Crippen LogP contribution in [0.1, 0.15) is 67.8 Å². The van der Waals surface area contributed by atoms with E-state index in [1.807, 2.05) is 26.9 Å². The van der Waals surface area contributed by atoms with Gasteiger partial charge in [0.2, 0.25) is 0 Å². The molecule has 5 aliphatic rings. The smallest absolute Gasteiger partial charge is 0.320 e. The predicted octanol–water partition coefficient (Wildman–Crippen LogP) is 3.69. The summed E-state index contributed by atoms with van der Waals surface area (Å²) in [5.41, 5.74) is 1.33. The van der Waals surface area contributed by atoms with Crippen molar-refractivity contribution in [2.24, 2.45) is 5.41 Å². The third-order valence-corrected chi connectivity index (χ3v) is 7.92. The molecule has 7 nitrogen and oxygen atoms in total. The molecule has 0 atom stereocenters. The number of nitrogens with zero attached hydrogens (tertiary/aromatic N) is 5. The normalized spacial score (nSPS) is 24.8. The topological polar surface area (TPSA) is 63.5 Å². The van der Waals surface area contributed by atoms with Gasteiger partial charge in [0.1, 0.15) is 12.4 Å². The molecule has 5 fully saturated rings. The molecule has 0 radical (unpaired) electrons. The average Bonchev–Trinajstić information content (AvgIpc) is 3.61. The second-order valence-electron chi connectivity index (χ2n) is 10.7. The van der Waals surface area contributed by atoms with Gasteiger partial charge in [0.05, 0.1) is 19.1 Å². The number of hydrogen-bond acceptors (Lipinski definition) is 4. The Balaban J connectivity index is 0.872. The number of aromatic nitrogens is 3. The van der Waals surface area contributed by atoms with Crippen LogP contribution in [-0.4, -0.2) is 62.9 Å². The van der Waals surface area contributed by atoms with Gasteiger partial charge >= 0.3 is 6.03 Å².